The zero-order valence-electron chi connectivity index (χ0n) is 16.7. The smallest absolute Gasteiger partial charge is 0.350 e. The maximum absolute atomic E-state index is 12.3. The van der Waals surface area contributed by atoms with Crippen molar-refractivity contribution in [3.8, 4) is 10.4 Å². The number of hydrogen-bond acceptors (Lipinski definition) is 9. The Hall–Kier alpha value is -3.06. The summed E-state index contributed by atoms with van der Waals surface area (Å²) in [5.74, 6) is -2.14. The van der Waals surface area contributed by atoms with Gasteiger partial charge in [0.15, 0.2) is 6.61 Å². The highest BCUT2D eigenvalue weighted by Crippen LogP contribution is 2.35. The molecule has 168 valence electrons. The lowest BCUT2D eigenvalue weighted by Crippen LogP contribution is -2.21. The second-order valence-electron chi connectivity index (χ2n) is 6.26. The molecule has 0 aliphatic rings. The number of sulfonamides is 1. The highest BCUT2D eigenvalue weighted by Gasteiger charge is 2.21. The monoisotopic (exact) mass is 494 g/mol. The van der Waals surface area contributed by atoms with Gasteiger partial charge in [0.05, 0.1) is 17.9 Å². The van der Waals surface area contributed by atoms with Gasteiger partial charge >= 0.3 is 11.9 Å². The van der Waals surface area contributed by atoms with Crippen LogP contribution >= 0.6 is 22.7 Å². The van der Waals surface area contributed by atoms with Crippen molar-refractivity contribution >= 4 is 56.2 Å². The quantitative estimate of drug-likeness (QED) is 0.458. The van der Waals surface area contributed by atoms with Crippen LogP contribution in [0.25, 0.3) is 10.4 Å². The molecule has 0 unspecified atom stereocenters. The molecule has 9 nitrogen and oxygen atoms in total. The highest BCUT2D eigenvalue weighted by atomic mass is 32.2. The van der Waals surface area contributed by atoms with E-state index in [2.05, 4.69) is 5.32 Å². The molecule has 0 saturated carbocycles. The summed E-state index contributed by atoms with van der Waals surface area (Å²) in [6.45, 7) is 1.20. The second kappa shape index (κ2) is 10.0. The third-order valence-electron chi connectivity index (χ3n) is 3.95. The fraction of sp³-hybridized carbons (Fsp3) is 0.150. The third kappa shape index (κ3) is 5.79. The Morgan fingerprint density at radius 2 is 1.78 bits per heavy atom. The van der Waals surface area contributed by atoms with Gasteiger partial charge in [-0.2, -0.15) is 0 Å². The summed E-state index contributed by atoms with van der Waals surface area (Å²) in [5.41, 5.74) is 1.06. The zero-order valence-corrected chi connectivity index (χ0v) is 19.1. The summed E-state index contributed by atoms with van der Waals surface area (Å²) >= 11 is 1.93. The Bertz CT molecular complexity index is 1250. The number of rotatable bonds is 8. The van der Waals surface area contributed by atoms with Gasteiger partial charge in [0, 0.05) is 10.3 Å². The first-order chi connectivity index (χ1) is 15.2. The van der Waals surface area contributed by atoms with Crippen molar-refractivity contribution in [2.45, 2.75) is 11.1 Å². The van der Waals surface area contributed by atoms with Crippen LogP contribution in [0.5, 0.6) is 0 Å². The summed E-state index contributed by atoms with van der Waals surface area (Å²) in [6.07, 6.45) is 0. The van der Waals surface area contributed by atoms with Crippen LogP contribution < -0.4 is 10.5 Å². The van der Waals surface area contributed by atoms with Gasteiger partial charge in [-0.25, -0.2) is 23.1 Å². The van der Waals surface area contributed by atoms with Crippen LogP contribution in [-0.2, 0) is 24.3 Å². The van der Waals surface area contributed by atoms with Crippen LogP contribution in [0.4, 0.5) is 5.69 Å². The van der Waals surface area contributed by atoms with E-state index in [9.17, 15) is 22.8 Å². The van der Waals surface area contributed by atoms with E-state index in [-0.39, 0.29) is 26.9 Å². The Morgan fingerprint density at radius 1 is 1.06 bits per heavy atom. The van der Waals surface area contributed by atoms with Gasteiger partial charge in [-0.15, -0.1) is 22.7 Å². The molecule has 1 aromatic carbocycles. The fourth-order valence-corrected chi connectivity index (χ4v) is 5.14. The van der Waals surface area contributed by atoms with E-state index in [0.29, 0.717) is 0 Å². The SMILES string of the molecule is CCOC(=O)c1sc(-c2ccccc2)cc1NC(=O)COC(=O)c1csc(S(N)(=O)=O)c1. The molecule has 3 N–H and O–H groups in total. The molecule has 2 heterocycles. The second-order valence-corrected chi connectivity index (χ2v) is 10.0. The maximum Gasteiger partial charge on any atom is 0.350 e. The average molecular weight is 495 g/mol. The molecule has 32 heavy (non-hydrogen) atoms. The molecule has 0 radical (unpaired) electrons. The maximum atomic E-state index is 12.3. The van der Waals surface area contributed by atoms with Crippen molar-refractivity contribution in [1.82, 2.24) is 0 Å². The van der Waals surface area contributed by atoms with E-state index in [1.165, 1.54) is 5.38 Å². The first-order valence-electron chi connectivity index (χ1n) is 9.13. The van der Waals surface area contributed by atoms with E-state index >= 15 is 0 Å². The number of hydrogen-bond donors (Lipinski definition) is 2. The predicted molar refractivity (Wildman–Crippen MR) is 120 cm³/mol. The summed E-state index contributed by atoms with van der Waals surface area (Å²) < 4.78 is 32.4. The largest absolute Gasteiger partial charge is 0.462 e. The minimum absolute atomic E-state index is 0.0408. The Kier molecular flexibility index (Phi) is 7.40. The van der Waals surface area contributed by atoms with E-state index in [4.69, 9.17) is 14.6 Å². The molecular weight excluding hydrogens is 476 g/mol. The fourth-order valence-electron chi connectivity index (χ4n) is 2.55. The lowest BCUT2D eigenvalue weighted by atomic mass is 10.2. The predicted octanol–water partition coefficient (Wildman–Crippen LogP) is 3.10. The molecule has 3 aromatic rings. The van der Waals surface area contributed by atoms with E-state index < -0.39 is 34.5 Å². The first kappa shape index (κ1) is 23.6. The number of nitrogens with two attached hydrogens (primary N) is 1. The van der Waals surface area contributed by atoms with Crippen LogP contribution in [0, 0.1) is 0 Å². The van der Waals surface area contributed by atoms with E-state index in [1.807, 2.05) is 30.3 Å². The lowest BCUT2D eigenvalue weighted by molar-refractivity contribution is -0.119. The number of ether oxygens (including phenoxy) is 2. The van der Waals surface area contributed by atoms with Gasteiger partial charge in [0.25, 0.3) is 5.91 Å². The van der Waals surface area contributed by atoms with Crippen LogP contribution in [0.1, 0.15) is 27.0 Å². The van der Waals surface area contributed by atoms with Gasteiger partial charge < -0.3 is 14.8 Å². The van der Waals surface area contributed by atoms with Crippen molar-refractivity contribution < 1.29 is 32.3 Å². The Balaban J connectivity index is 1.71. The molecule has 0 saturated heterocycles. The molecule has 0 spiro atoms. The van der Waals surface area contributed by atoms with Crippen molar-refractivity contribution in [1.29, 1.82) is 0 Å². The highest BCUT2D eigenvalue weighted by molar-refractivity contribution is 7.91. The molecule has 0 atom stereocenters. The number of anilines is 1. The van der Waals surface area contributed by atoms with Gasteiger partial charge in [0.1, 0.15) is 9.09 Å². The van der Waals surface area contributed by atoms with Crippen molar-refractivity contribution in [2.75, 3.05) is 18.5 Å². The Labute approximate surface area is 191 Å². The number of esters is 2. The number of thiophene rings is 2. The molecule has 1 amide bonds. The van der Waals surface area contributed by atoms with Gasteiger partial charge in [-0.05, 0) is 24.6 Å². The number of carbonyl (C=O) groups is 3. The van der Waals surface area contributed by atoms with Crippen LogP contribution in [0.2, 0.25) is 0 Å². The minimum Gasteiger partial charge on any atom is -0.462 e. The van der Waals surface area contributed by atoms with Crippen LogP contribution in [0.15, 0.2) is 52.1 Å². The van der Waals surface area contributed by atoms with Gasteiger partial charge in [0.2, 0.25) is 10.0 Å². The van der Waals surface area contributed by atoms with Gasteiger partial charge in [-0.1, -0.05) is 30.3 Å². The summed E-state index contributed by atoms with van der Waals surface area (Å²) in [4.78, 5) is 37.7. The molecule has 12 heteroatoms. The normalized spacial score (nSPS) is 11.1. The van der Waals surface area contributed by atoms with Crippen molar-refractivity contribution in [3.63, 3.8) is 0 Å². The third-order valence-corrected chi connectivity index (χ3v) is 7.50. The van der Waals surface area contributed by atoms with Crippen molar-refractivity contribution in [3.05, 3.63) is 58.3 Å². The lowest BCUT2D eigenvalue weighted by Gasteiger charge is -2.07. The van der Waals surface area contributed by atoms with Crippen LogP contribution in [-0.4, -0.2) is 39.5 Å². The van der Waals surface area contributed by atoms with Crippen molar-refractivity contribution in [2.24, 2.45) is 5.14 Å². The average Bonchev–Trinajstić information content (AvgIpc) is 3.41. The number of carbonyl (C=O) groups excluding carboxylic acids is 3. The van der Waals surface area contributed by atoms with E-state index in [0.717, 1.165) is 39.2 Å². The first-order valence-corrected chi connectivity index (χ1v) is 12.4. The summed E-state index contributed by atoms with van der Waals surface area (Å²) in [7, 11) is -3.94. The molecule has 0 aliphatic carbocycles. The minimum atomic E-state index is -3.94. The standard InChI is InChI=1S/C20H18N2O7S3/c1-2-28-20(25)18-14(9-15(31-18)12-6-4-3-5-7-12)22-16(23)10-29-19(24)13-8-17(30-11-13)32(21,26)27/h3-9,11H,2,10H2,1H3,(H,22,23)(H2,21,26,27). The molecule has 0 bridgehead atoms. The van der Waals surface area contributed by atoms with Gasteiger partial charge in [-0.3, -0.25) is 4.79 Å². The number of benzene rings is 1. The number of amides is 1. The summed E-state index contributed by atoms with van der Waals surface area (Å²) in [5, 5.41) is 8.84. The Morgan fingerprint density at radius 3 is 2.41 bits per heavy atom. The molecule has 3 rings (SSSR count). The van der Waals surface area contributed by atoms with E-state index in [1.54, 1.807) is 13.0 Å². The number of primary sulfonamides is 1. The molecular formula is C20H18N2O7S3. The topological polar surface area (TPSA) is 142 Å². The molecule has 0 fully saturated rings. The molecule has 2 aromatic heterocycles. The summed E-state index contributed by atoms with van der Waals surface area (Å²) in [6, 6.07) is 12.0. The van der Waals surface area contributed by atoms with Crippen LogP contribution in [0.3, 0.4) is 0 Å². The number of nitrogens with one attached hydrogen (secondary N) is 1. The zero-order chi connectivity index (χ0) is 23.3. The molecule has 0 aliphatic heterocycles.